The van der Waals surface area contributed by atoms with Crippen LogP contribution in [0.25, 0.3) is 0 Å². The zero-order valence-electron chi connectivity index (χ0n) is 17.7. The first-order chi connectivity index (χ1) is 15.9. The van der Waals surface area contributed by atoms with Gasteiger partial charge < -0.3 is 30.3 Å². The summed E-state index contributed by atoms with van der Waals surface area (Å²) in [5.74, 6) is -1.27. The fourth-order valence-electron chi connectivity index (χ4n) is 4.31. The average Bonchev–Trinajstić information content (AvgIpc) is 3.36. The van der Waals surface area contributed by atoms with Crippen molar-refractivity contribution in [2.45, 2.75) is 42.9 Å². The number of hydrogen-bond donors (Lipinski definition) is 5. The van der Waals surface area contributed by atoms with Gasteiger partial charge in [-0.05, 0) is 40.6 Å². The van der Waals surface area contributed by atoms with E-state index in [2.05, 4.69) is 0 Å². The summed E-state index contributed by atoms with van der Waals surface area (Å²) in [6.45, 7) is -0.588. The Morgan fingerprint density at radius 2 is 1.73 bits per heavy atom. The molecule has 1 aliphatic heterocycles. The largest absolute Gasteiger partial charge is 0.478 e. The Bertz CT molecular complexity index is 1070. The number of thiophene rings is 1. The molecular formula is C25H26O7S. The zero-order valence-corrected chi connectivity index (χ0v) is 18.5. The quantitative estimate of drug-likeness (QED) is 0.359. The van der Waals surface area contributed by atoms with E-state index in [1.165, 1.54) is 6.07 Å². The lowest BCUT2D eigenvalue weighted by molar-refractivity contribution is -0.231. The van der Waals surface area contributed by atoms with Crippen molar-refractivity contribution < 1.29 is 35.1 Å². The van der Waals surface area contributed by atoms with E-state index in [1.807, 2.05) is 47.8 Å². The molecule has 7 nitrogen and oxygen atoms in total. The van der Waals surface area contributed by atoms with Crippen LogP contribution in [-0.2, 0) is 11.2 Å². The molecule has 0 saturated carbocycles. The molecule has 3 aromatic rings. The van der Waals surface area contributed by atoms with Gasteiger partial charge in [0.15, 0.2) is 0 Å². The monoisotopic (exact) mass is 470 g/mol. The molecule has 0 radical (unpaired) electrons. The Labute approximate surface area is 195 Å². The maximum Gasteiger partial charge on any atom is 0.336 e. The SMILES string of the molecule is O=C(O)c1ccc(C(Cc2ccccc2)c2cccs2)cc1[C@@H]1O[C@H](CO)[C@@H](O)[C@H](O)[C@H]1O. The fraction of sp³-hybridized carbons (Fsp3) is 0.320. The average molecular weight is 471 g/mol. The van der Waals surface area contributed by atoms with Gasteiger partial charge >= 0.3 is 5.97 Å². The van der Waals surface area contributed by atoms with Crippen LogP contribution in [-0.4, -0.2) is 62.5 Å². The van der Waals surface area contributed by atoms with E-state index in [1.54, 1.807) is 23.5 Å². The Kier molecular flexibility index (Phi) is 7.23. The number of hydrogen-bond acceptors (Lipinski definition) is 7. The highest BCUT2D eigenvalue weighted by molar-refractivity contribution is 7.10. The third-order valence-corrected chi connectivity index (χ3v) is 7.06. The van der Waals surface area contributed by atoms with Crippen molar-refractivity contribution in [3.05, 3.63) is 93.2 Å². The van der Waals surface area contributed by atoms with Gasteiger partial charge in [-0.3, -0.25) is 0 Å². The van der Waals surface area contributed by atoms with Crippen molar-refractivity contribution in [3.63, 3.8) is 0 Å². The van der Waals surface area contributed by atoms with Gasteiger partial charge in [-0.2, -0.15) is 0 Å². The fourth-order valence-corrected chi connectivity index (χ4v) is 5.16. The highest BCUT2D eigenvalue weighted by Crippen LogP contribution is 2.38. The summed E-state index contributed by atoms with van der Waals surface area (Å²) in [6, 6.07) is 18.8. The van der Waals surface area contributed by atoms with Crippen molar-refractivity contribution in [2.24, 2.45) is 0 Å². The molecule has 1 unspecified atom stereocenters. The van der Waals surface area contributed by atoms with Crippen LogP contribution in [0.2, 0.25) is 0 Å². The lowest BCUT2D eigenvalue weighted by Crippen LogP contribution is -2.55. The van der Waals surface area contributed by atoms with E-state index in [0.29, 0.717) is 6.42 Å². The first-order valence-corrected chi connectivity index (χ1v) is 11.5. The van der Waals surface area contributed by atoms with E-state index in [-0.39, 0.29) is 17.0 Å². The molecule has 5 N–H and O–H groups in total. The zero-order chi connectivity index (χ0) is 23.5. The van der Waals surface area contributed by atoms with Crippen LogP contribution in [0.15, 0.2) is 66.0 Å². The van der Waals surface area contributed by atoms with Crippen LogP contribution < -0.4 is 0 Å². The normalized spacial score (nSPS) is 26.1. The van der Waals surface area contributed by atoms with Crippen molar-refractivity contribution in [2.75, 3.05) is 6.61 Å². The van der Waals surface area contributed by atoms with E-state index in [9.17, 15) is 30.3 Å². The highest BCUT2D eigenvalue weighted by Gasteiger charge is 2.45. The Morgan fingerprint density at radius 1 is 0.970 bits per heavy atom. The topological polar surface area (TPSA) is 127 Å². The molecule has 2 heterocycles. The van der Waals surface area contributed by atoms with E-state index < -0.39 is 43.1 Å². The molecule has 2 aromatic carbocycles. The van der Waals surface area contributed by atoms with Crippen molar-refractivity contribution in [1.29, 1.82) is 0 Å². The predicted molar refractivity (Wildman–Crippen MR) is 122 cm³/mol. The first-order valence-electron chi connectivity index (χ1n) is 10.7. The number of carboxylic acid groups (broad SMARTS) is 1. The molecule has 1 aliphatic rings. The van der Waals surface area contributed by atoms with Gasteiger partial charge in [0.25, 0.3) is 0 Å². The van der Waals surface area contributed by atoms with Crippen LogP contribution in [0.4, 0.5) is 0 Å². The number of rotatable bonds is 7. The van der Waals surface area contributed by atoms with Gasteiger partial charge in [0.2, 0.25) is 0 Å². The Hall–Kier alpha value is -2.59. The van der Waals surface area contributed by atoms with Gasteiger partial charge in [0, 0.05) is 10.8 Å². The van der Waals surface area contributed by atoms with Gasteiger partial charge in [0.05, 0.1) is 12.2 Å². The Morgan fingerprint density at radius 3 is 2.36 bits per heavy atom. The van der Waals surface area contributed by atoms with Crippen LogP contribution >= 0.6 is 11.3 Å². The number of aromatic carboxylic acids is 1. The molecule has 8 heteroatoms. The molecule has 0 bridgehead atoms. The second-order valence-electron chi connectivity index (χ2n) is 8.16. The van der Waals surface area contributed by atoms with Gasteiger partial charge in [-0.15, -0.1) is 11.3 Å². The second kappa shape index (κ2) is 10.1. The number of carboxylic acids is 1. The molecule has 0 amide bonds. The molecule has 1 saturated heterocycles. The molecule has 174 valence electrons. The van der Waals surface area contributed by atoms with Crippen LogP contribution in [0, 0.1) is 0 Å². The van der Waals surface area contributed by atoms with Crippen molar-refractivity contribution in [3.8, 4) is 0 Å². The molecule has 33 heavy (non-hydrogen) atoms. The summed E-state index contributed by atoms with van der Waals surface area (Å²) >= 11 is 1.60. The van der Waals surface area contributed by atoms with E-state index >= 15 is 0 Å². The van der Waals surface area contributed by atoms with Crippen molar-refractivity contribution in [1.82, 2.24) is 0 Å². The number of ether oxygens (including phenoxy) is 1. The van der Waals surface area contributed by atoms with Crippen LogP contribution in [0.1, 0.15) is 43.9 Å². The first kappa shape index (κ1) is 23.6. The highest BCUT2D eigenvalue weighted by atomic mass is 32.1. The number of carbonyl (C=O) groups is 1. The summed E-state index contributed by atoms with van der Waals surface area (Å²) < 4.78 is 5.68. The van der Waals surface area contributed by atoms with Crippen LogP contribution in [0.3, 0.4) is 0 Å². The van der Waals surface area contributed by atoms with Crippen molar-refractivity contribution >= 4 is 17.3 Å². The smallest absolute Gasteiger partial charge is 0.336 e. The lowest BCUT2D eigenvalue weighted by atomic mass is 9.84. The molecule has 4 rings (SSSR count). The van der Waals surface area contributed by atoms with Crippen LogP contribution in [0.5, 0.6) is 0 Å². The summed E-state index contributed by atoms with van der Waals surface area (Å²) in [4.78, 5) is 13.1. The van der Waals surface area contributed by atoms with E-state index in [0.717, 1.165) is 16.0 Å². The van der Waals surface area contributed by atoms with Gasteiger partial charge in [-0.25, -0.2) is 4.79 Å². The van der Waals surface area contributed by atoms with Gasteiger partial charge in [-0.1, -0.05) is 48.5 Å². The van der Waals surface area contributed by atoms with E-state index in [4.69, 9.17) is 4.74 Å². The summed E-state index contributed by atoms with van der Waals surface area (Å²) in [5, 5.41) is 52.3. The number of aliphatic hydroxyl groups is 4. The maximum atomic E-state index is 12.0. The number of benzene rings is 2. The minimum Gasteiger partial charge on any atom is -0.478 e. The summed E-state index contributed by atoms with van der Waals surface area (Å²) in [6.07, 6.45) is -6.35. The summed E-state index contributed by atoms with van der Waals surface area (Å²) in [7, 11) is 0. The standard InChI is InChI=1S/C25H26O7S/c26-13-19-21(27)22(28)23(29)24(32-19)18-12-15(8-9-16(18)25(30)31)17(20-7-4-10-33-20)11-14-5-2-1-3-6-14/h1-10,12,17,19,21-24,26-29H,11,13H2,(H,30,31)/t17?,19-,21-,22+,23-,24+/m1/s1. The molecule has 0 spiro atoms. The van der Waals surface area contributed by atoms with Gasteiger partial charge in [0.1, 0.15) is 30.5 Å². The Balaban J connectivity index is 1.78. The third-order valence-electron chi connectivity index (χ3n) is 6.08. The lowest BCUT2D eigenvalue weighted by Gasteiger charge is -2.40. The molecule has 0 aliphatic carbocycles. The molecule has 6 atom stereocenters. The minimum absolute atomic E-state index is 0.0705. The third kappa shape index (κ3) is 4.86. The molecule has 1 aromatic heterocycles. The molecular weight excluding hydrogens is 444 g/mol. The second-order valence-corrected chi connectivity index (χ2v) is 9.14. The molecule has 1 fully saturated rings. The predicted octanol–water partition coefficient (Wildman–Crippen LogP) is 2.34. The maximum absolute atomic E-state index is 12.0. The number of aliphatic hydroxyl groups excluding tert-OH is 4. The minimum atomic E-state index is -1.59. The summed E-state index contributed by atoms with van der Waals surface area (Å²) in [5.41, 5.74) is 2.06.